The average Bonchev–Trinajstić information content (AvgIpc) is 3.97. The first kappa shape index (κ1) is 52.2. The number of pyridine rings is 1. The molecule has 0 atom stereocenters. The van der Waals surface area contributed by atoms with E-state index in [4.69, 9.17) is 9.72 Å². The standard InChI is InChI=1S/C68H69N4O.Pt/c1-64(2,3)51-37-52(65(4,5)6)39-53(38-51)70-44-61(68(12,13)49-29-21-16-22-30-49)71(45-70)54-35-47(46-25-17-14-18-26-46)36-55(41-54)73-56-42-58(66(7,8)9)63-57-31-23-24-32-59(57)72(60(63)43-56)62-40-50(33-34-69-62)67(10,11)48-27-19-15-20-28-48;/h14-40,42,44-45H,1-13H3;/q-3;. The third-order valence-electron chi connectivity index (χ3n) is 14.9. The molecule has 0 fully saturated rings. The van der Waals surface area contributed by atoms with E-state index in [1.165, 1.54) is 27.8 Å². The fourth-order valence-corrected chi connectivity index (χ4v) is 10.3. The summed E-state index contributed by atoms with van der Waals surface area (Å²) in [4.78, 5) is 9.70. The molecule has 10 rings (SSSR count). The van der Waals surface area contributed by atoms with Crippen LogP contribution in [-0.2, 0) is 48.1 Å². The van der Waals surface area contributed by atoms with Crippen LogP contribution < -0.4 is 14.5 Å². The Morgan fingerprint density at radius 2 is 1.07 bits per heavy atom. The molecule has 0 saturated heterocycles. The number of benzene rings is 7. The number of rotatable bonds is 10. The molecule has 0 radical (unpaired) electrons. The third kappa shape index (κ3) is 10.0. The summed E-state index contributed by atoms with van der Waals surface area (Å²) in [5, 5.41) is 2.29. The van der Waals surface area contributed by atoms with Gasteiger partial charge < -0.3 is 19.1 Å². The maximum absolute atomic E-state index is 7.21. The Hall–Kier alpha value is -6.68. The summed E-state index contributed by atoms with van der Waals surface area (Å²) in [6, 6.07) is 66.4. The maximum atomic E-state index is 7.21. The Kier molecular flexibility index (Phi) is 13.8. The smallest absolute Gasteiger partial charge is 0.135 e. The molecule has 0 amide bonds. The molecule has 1 aliphatic rings. The molecule has 380 valence electrons. The van der Waals surface area contributed by atoms with Crippen molar-refractivity contribution in [3.05, 3.63) is 234 Å². The van der Waals surface area contributed by atoms with Crippen molar-refractivity contribution in [3.63, 3.8) is 0 Å². The summed E-state index contributed by atoms with van der Waals surface area (Å²) >= 11 is 0. The fourth-order valence-electron chi connectivity index (χ4n) is 10.3. The molecular weight excluding hydrogens is 1080 g/mol. The molecule has 0 N–H and O–H groups in total. The largest absolute Gasteiger partial charge is 0.509 e. The first-order valence-corrected chi connectivity index (χ1v) is 25.8. The van der Waals surface area contributed by atoms with Crippen molar-refractivity contribution in [2.45, 2.75) is 117 Å². The molecule has 0 aliphatic carbocycles. The summed E-state index contributed by atoms with van der Waals surface area (Å²) in [7, 11) is 0. The third-order valence-corrected chi connectivity index (χ3v) is 14.9. The summed E-state index contributed by atoms with van der Waals surface area (Å²) in [6.45, 7) is 32.0. The van der Waals surface area contributed by atoms with E-state index in [0.29, 0.717) is 11.5 Å². The van der Waals surface area contributed by atoms with Crippen LogP contribution in [0.2, 0.25) is 0 Å². The van der Waals surface area contributed by atoms with Crippen LogP contribution in [-0.4, -0.2) is 9.55 Å². The van der Waals surface area contributed by atoms with Crippen LogP contribution in [0.4, 0.5) is 11.4 Å². The summed E-state index contributed by atoms with van der Waals surface area (Å²) in [5.74, 6) is 2.03. The van der Waals surface area contributed by atoms with Crippen molar-refractivity contribution in [2.24, 2.45) is 0 Å². The number of anilines is 2. The molecule has 6 heteroatoms. The second kappa shape index (κ2) is 19.5. The van der Waals surface area contributed by atoms with Crippen LogP contribution in [0.5, 0.6) is 11.5 Å². The summed E-state index contributed by atoms with van der Waals surface area (Å²) < 4.78 is 9.48. The molecule has 74 heavy (non-hydrogen) atoms. The van der Waals surface area contributed by atoms with E-state index >= 15 is 0 Å². The average molecular weight is 1150 g/mol. The van der Waals surface area contributed by atoms with E-state index in [1.807, 2.05) is 6.20 Å². The van der Waals surface area contributed by atoms with Gasteiger partial charge in [0.15, 0.2) is 0 Å². The van der Waals surface area contributed by atoms with E-state index in [-0.39, 0.29) is 42.7 Å². The number of aromatic nitrogens is 2. The Morgan fingerprint density at radius 1 is 0.500 bits per heavy atom. The quantitative estimate of drug-likeness (QED) is 0.128. The van der Waals surface area contributed by atoms with Crippen LogP contribution in [0.1, 0.15) is 123 Å². The van der Waals surface area contributed by atoms with Crippen molar-refractivity contribution < 1.29 is 25.8 Å². The molecule has 9 aromatic rings. The van der Waals surface area contributed by atoms with Crippen molar-refractivity contribution in [3.8, 4) is 28.4 Å². The molecule has 7 aromatic carbocycles. The van der Waals surface area contributed by atoms with E-state index in [9.17, 15) is 0 Å². The molecular formula is C68H69N4OPt-3. The van der Waals surface area contributed by atoms with Gasteiger partial charge in [-0.2, -0.15) is 0 Å². The number of fused-ring (bicyclic) bond motifs is 3. The molecule has 5 nitrogen and oxygen atoms in total. The van der Waals surface area contributed by atoms with E-state index in [2.05, 4.69) is 293 Å². The molecule has 2 aromatic heterocycles. The number of hydrogen-bond donors (Lipinski definition) is 0. The number of allylic oxidation sites excluding steroid dienone is 1. The van der Waals surface area contributed by atoms with Crippen molar-refractivity contribution in [2.75, 3.05) is 9.80 Å². The Morgan fingerprint density at radius 3 is 1.68 bits per heavy atom. The minimum Gasteiger partial charge on any atom is -0.509 e. The maximum Gasteiger partial charge on any atom is 0.135 e. The minimum absolute atomic E-state index is 0. The van der Waals surface area contributed by atoms with Crippen LogP contribution in [0.3, 0.4) is 0 Å². The Bertz CT molecular complexity index is 3480. The zero-order chi connectivity index (χ0) is 51.7. The number of nitrogens with zero attached hydrogens (tertiary/aromatic N) is 4. The molecule has 1 aliphatic heterocycles. The van der Waals surface area contributed by atoms with Crippen LogP contribution in [0.15, 0.2) is 182 Å². The summed E-state index contributed by atoms with van der Waals surface area (Å²) in [6.07, 6.45) is 4.25. The monoisotopic (exact) mass is 1150 g/mol. The SMILES string of the molecule is CC(C)(C)c1cc(N2C=C(C(C)(C)c3ccccc3)N(c3[c-]c(Oc4[c-]c5c(c(C(C)(C)C)c4)c4ccccc4n5-c4cc(C(C)(C)c5ccccc5)ccn4)cc(-c4ccccc4)c3)[CH-]2)cc(C(C)(C)C)c1.[Pt]. The van der Waals surface area contributed by atoms with Crippen molar-refractivity contribution in [1.82, 2.24) is 9.55 Å². The predicted octanol–water partition coefficient (Wildman–Crippen LogP) is 17.7. The minimum atomic E-state index is -0.409. The van der Waals surface area contributed by atoms with Gasteiger partial charge in [-0.3, -0.25) is 0 Å². The van der Waals surface area contributed by atoms with Gasteiger partial charge in [-0.1, -0.05) is 216 Å². The van der Waals surface area contributed by atoms with Crippen LogP contribution in [0.25, 0.3) is 38.8 Å². The van der Waals surface area contributed by atoms with E-state index < -0.39 is 5.41 Å². The second-order valence-corrected chi connectivity index (χ2v) is 24.0. The summed E-state index contributed by atoms with van der Waals surface area (Å²) in [5.41, 5.74) is 13.6. The zero-order valence-corrected chi connectivity index (χ0v) is 47.6. The van der Waals surface area contributed by atoms with Crippen LogP contribution >= 0.6 is 0 Å². The van der Waals surface area contributed by atoms with E-state index in [0.717, 1.165) is 61.4 Å². The Balaban J connectivity index is 0.00000672. The molecule has 0 unspecified atom stereocenters. The molecule has 0 spiro atoms. The van der Waals surface area contributed by atoms with Gasteiger partial charge >= 0.3 is 0 Å². The zero-order valence-electron chi connectivity index (χ0n) is 45.3. The van der Waals surface area contributed by atoms with Crippen molar-refractivity contribution in [1.29, 1.82) is 0 Å². The second-order valence-electron chi connectivity index (χ2n) is 24.0. The topological polar surface area (TPSA) is 33.5 Å². The predicted molar refractivity (Wildman–Crippen MR) is 306 cm³/mol. The van der Waals surface area contributed by atoms with Gasteiger partial charge in [0.2, 0.25) is 0 Å². The van der Waals surface area contributed by atoms with Gasteiger partial charge in [0.05, 0.1) is 0 Å². The Labute approximate surface area is 455 Å². The van der Waals surface area contributed by atoms with Gasteiger partial charge in [-0.05, 0) is 91.5 Å². The van der Waals surface area contributed by atoms with Gasteiger partial charge in [0.1, 0.15) is 5.82 Å². The van der Waals surface area contributed by atoms with Gasteiger partial charge in [0.25, 0.3) is 0 Å². The molecule has 0 bridgehead atoms. The van der Waals surface area contributed by atoms with Crippen LogP contribution in [0, 0.1) is 18.8 Å². The van der Waals surface area contributed by atoms with Gasteiger partial charge in [-0.15, -0.1) is 53.8 Å². The first-order valence-electron chi connectivity index (χ1n) is 25.8. The first-order chi connectivity index (χ1) is 34.6. The van der Waals surface area contributed by atoms with Crippen molar-refractivity contribution >= 4 is 33.2 Å². The van der Waals surface area contributed by atoms with E-state index in [1.54, 1.807) is 0 Å². The van der Waals surface area contributed by atoms with Gasteiger partial charge in [0, 0.05) is 66.5 Å². The fraction of sp³-hybridized carbons (Fsp3) is 0.265. The number of para-hydroxylation sites is 1. The molecule has 3 heterocycles. The molecule has 0 saturated carbocycles. The number of ether oxygens (including phenoxy) is 1. The van der Waals surface area contributed by atoms with Gasteiger partial charge in [-0.25, -0.2) is 4.98 Å². The number of hydrogen-bond acceptors (Lipinski definition) is 4. The normalized spacial score (nSPS) is 13.6.